The quantitative estimate of drug-likeness (QED) is 0.451. The average molecular weight is 320 g/mol. The number of halogens is 1. The average Bonchev–Trinajstić information content (AvgIpc) is 2.42. The second-order valence-electron chi connectivity index (χ2n) is 4.27. The summed E-state index contributed by atoms with van der Waals surface area (Å²) >= 11 is 5.26. The normalized spacial score (nSPS) is 11.3. The molecule has 112 valence electrons. The van der Waals surface area contributed by atoms with Crippen LogP contribution in [0.2, 0.25) is 0 Å². The molecular formula is C13H18ClNO4S. The van der Waals surface area contributed by atoms with Crippen molar-refractivity contribution in [1.29, 1.82) is 0 Å². The number of sulfonamides is 1. The highest BCUT2D eigenvalue weighted by Gasteiger charge is 2.12. The maximum atomic E-state index is 11.9. The number of hydrogen-bond donors (Lipinski definition) is 1. The number of rotatable bonds is 8. The van der Waals surface area contributed by atoms with Crippen molar-refractivity contribution in [2.45, 2.75) is 24.7 Å². The van der Waals surface area contributed by atoms with Crippen LogP contribution in [-0.2, 0) is 19.6 Å². The molecule has 1 rings (SSSR count). The number of aryl methyl sites for hydroxylation is 1. The molecule has 0 aliphatic carbocycles. The lowest BCUT2D eigenvalue weighted by molar-refractivity contribution is -0.140. The minimum Gasteiger partial charge on any atom is -0.465 e. The van der Waals surface area contributed by atoms with Gasteiger partial charge in [-0.1, -0.05) is 17.7 Å². The molecule has 0 heterocycles. The molecule has 0 bridgehead atoms. The van der Waals surface area contributed by atoms with Gasteiger partial charge in [-0.25, -0.2) is 13.1 Å². The number of benzene rings is 1. The van der Waals surface area contributed by atoms with Crippen molar-refractivity contribution in [2.24, 2.45) is 0 Å². The Hall–Kier alpha value is -1.11. The zero-order valence-electron chi connectivity index (χ0n) is 11.3. The fourth-order valence-corrected chi connectivity index (χ4v) is 2.61. The maximum absolute atomic E-state index is 11.9. The predicted molar refractivity (Wildman–Crippen MR) is 77.3 cm³/mol. The van der Waals surface area contributed by atoms with Gasteiger partial charge in [-0.2, -0.15) is 0 Å². The van der Waals surface area contributed by atoms with Gasteiger partial charge in [0.05, 0.1) is 11.5 Å². The molecule has 0 aliphatic rings. The summed E-state index contributed by atoms with van der Waals surface area (Å²) in [5.74, 6) is -0.632. The summed E-state index contributed by atoms with van der Waals surface area (Å²) < 4.78 is 31.1. The molecule has 0 amide bonds. The standard InChI is InChI=1S/C13H18ClNO4S/c1-11-4-6-12(7-5-11)20(17,18)15-8-2-3-9-19-13(16)10-14/h4-7,15H,2-3,8-10H2,1H3. The first-order valence-electron chi connectivity index (χ1n) is 6.23. The van der Waals surface area contributed by atoms with Gasteiger partial charge in [0.2, 0.25) is 10.0 Å². The number of esters is 1. The lowest BCUT2D eigenvalue weighted by atomic mass is 10.2. The molecule has 1 N–H and O–H groups in total. The van der Waals surface area contributed by atoms with Gasteiger partial charge in [0, 0.05) is 6.54 Å². The molecule has 0 unspecified atom stereocenters. The van der Waals surface area contributed by atoms with E-state index >= 15 is 0 Å². The molecule has 0 saturated carbocycles. The lowest BCUT2D eigenvalue weighted by Crippen LogP contribution is -2.25. The van der Waals surface area contributed by atoms with Crippen LogP contribution in [0.25, 0.3) is 0 Å². The van der Waals surface area contributed by atoms with Gasteiger partial charge in [0.1, 0.15) is 5.88 Å². The Bertz CT molecular complexity index is 528. The minimum absolute atomic E-state index is 0.167. The van der Waals surface area contributed by atoms with E-state index in [0.29, 0.717) is 19.4 Å². The number of alkyl halides is 1. The molecule has 0 saturated heterocycles. The van der Waals surface area contributed by atoms with E-state index in [9.17, 15) is 13.2 Å². The van der Waals surface area contributed by atoms with E-state index in [1.54, 1.807) is 24.3 Å². The molecule has 1 aromatic carbocycles. The van der Waals surface area contributed by atoms with E-state index in [1.807, 2.05) is 6.92 Å². The van der Waals surface area contributed by atoms with Crippen molar-refractivity contribution < 1.29 is 17.9 Å². The molecule has 5 nitrogen and oxygen atoms in total. The highest BCUT2D eigenvalue weighted by Crippen LogP contribution is 2.09. The van der Waals surface area contributed by atoms with Gasteiger partial charge in [-0.3, -0.25) is 4.79 Å². The van der Waals surface area contributed by atoms with Gasteiger partial charge >= 0.3 is 5.97 Å². The van der Waals surface area contributed by atoms with E-state index in [1.165, 1.54) is 0 Å². The first-order valence-corrected chi connectivity index (χ1v) is 8.25. The van der Waals surface area contributed by atoms with Crippen molar-refractivity contribution in [3.63, 3.8) is 0 Å². The van der Waals surface area contributed by atoms with E-state index in [-0.39, 0.29) is 17.4 Å². The second kappa shape index (κ2) is 8.24. The molecule has 20 heavy (non-hydrogen) atoms. The SMILES string of the molecule is Cc1ccc(S(=O)(=O)NCCCCOC(=O)CCl)cc1. The Morgan fingerprint density at radius 3 is 2.50 bits per heavy atom. The molecule has 0 aliphatic heterocycles. The number of ether oxygens (including phenoxy) is 1. The third-order valence-electron chi connectivity index (χ3n) is 2.57. The smallest absolute Gasteiger partial charge is 0.320 e. The highest BCUT2D eigenvalue weighted by atomic mass is 35.5. The third-order valence-corrected chi connectivity index (χ3v) is 4.26. The molecule has 0 aromatic heterocycles. The van der Waals surface area contributed by atoms with Gasteiger partial charge in [-0.05, 0) is 31.9 Å². The van der Waals surface area contributed by atoms with Crippen LogP contribution in [0.1, 0.15) is 18.4 Å². The van der Waals surface area contributed by atoms with E-state index in [4.69, 9.17) is 16.3 Å². The van der Waals surface area contributed by atoms with Gasteiger partial charge in [0.25, 0.3) is 0 Å². The van der Waals surface area contributed by atoms with Crippen molar-refractivity contribution in [1.82, 2.24) is 4.72 Å². The first-order chi connectivity index (χ1) is 9.45. The monoisotopic (exact) mass is 319 g/mol. The van der Waals surface area contributed by atoms with Gasteiger partial charge in [0.15, 0.2) is 0 Å². The summed E-state index contributed by atoms with van der Waals surface area (Å²) in [7, 11) is -3.46. The molecule has 0 spiro atoms. The Morgan fingerprint density at radius 2 is 1.90 bits per heavy atom. The van der Waals surface area contributed by atoms with Crippen LogP contribution in [0.3, 0.4) is 0 Å². The summed E-state index contributed by atoms with van der Waals surface area (Å²) in [6.07, 6.45) is 1.17. The molecule has 0 atom stereocenters. The summed E-state index contributed by atoms with van der Waals surface area (Å²) in [5.41, 5.74) is 1.00. The zero-order chi connectivity index (χ0) is 15.0. The van der Waals surface area contributed by atoms with Crippen LogP contribution in [0.15, 0.2) is 29.2 Å². The molecule has 0 radical (unpaired) electrons. The summed E-state index contributed by atoms with van der Waals surface area (Å²) in [5, 5.41) is 0. The highest BCUT2D eigenvalue weighted by molar-refractivity contribution is 7.89. The van der Waals surface area contributed by atoms with E-state index in [0.717, 1.165) is 5.56 Å². The van der Waals surface area contributed by atoms with Crippen LogP contribution in [0, 0.1) is 6.92 Å². The number of carbonyl (C=O) groups excluding carboxylic acids is 1. The predicted octanol–water partition coefficient (Wildman–Crippen LogP) is 1.84. The van der Waals surface area contributed by atoms with Crippen LogP contribution < -0.4 is 4.72 Å². The molecular weight excluding hydrogens is 302 g/mol. The van der Waals surface area contributed by atoms with Gasteiger partial charge < -0.3 is 4.74 Å². The third kappa shape index (κ3) is 5.90. The minimum atomic E-state index is -3.46. The van der Waals surface area contributed by atoms with E-state index in [2.05, 4.69) is 4.72 Å². The van der Waals surface area contributed by atoms with Crippen molar-refractivity contribution in [2.75, 3.05) is 19.0 Å². The molecule has 1 aromatic rings. The summed E-state index contributed by atoms with van der Waals surface area (Å²) in [6, 6.07) is 6.64. The van der Waals surface area contributed by atoms with Crippen LogP contribution in [-0.4, -0.2) is 33.4 Å². The number of nitrogens with one attached hydrogen (secondary N) is 1. The maximum Gasteiger partial charge on any atom is 0.320 e. The topological polar surface area (TPSA) is 72.5 Å². The molecule has 7 heteroatoms. The number of unbranched alkanes of at least 4 members (excludes halogenated alkanes) is 1. The zero-order valence-corrected chi connectivity index (χ0v) is 12.8. The van der Waals surface area contributed by atoms with Crippen LogP contribution in [0.5, 0.6) is 0 Å². The van der Waals surface area contributed by atoms with Gasteiger partial charge in [-0.15, -0.1) is 11.6 Å². The number of hydrogen-bond acceptors (Lipinski definition) is 4. The fourth-order valence-electron chi connectivity index (χ4n) is 1.46. The largest absolute Gasteiger partial charge is 0.465 e. The van der Waals surface area contributed by atoms with Crippen LogP contribution in [0.4, 0.5) is 0 Å². The Balaban J connectivity index is 2.30. The van der Waals surface area contributed by atoms with E-state index < -0.39 is 16.0 Å². The fraction of sp³-hybridized carbons (Fsp3) is 0.462. The Kier molecular flexibility index (Phi) is 6.98. The molecule has 0 fully saturated rings. The first kappa shape index (κ1) is 16.9. The second-order valence-corrected chi connectivity index (χ2v) is 6.31. The Labute approximate surface area is 124 Å². The Morgan fingerprint density at radius 1 is 1.25 bits per heavy atom. The van der Waals surface area contributed by atoms with Crippen molar-refractivity contribution in [3.8, 4) is 0 Å². The van der Waals surface area contributed by atoms with Crippen molar-refractivity contribution in [3.05, 3.63) is 29.8 Å². The summed E-state index contributed by atoms with van der Waals surface area (Å²) in [6.45, 7) is 2.44. The summed E-state index contributed by atoms with van der Waals surface area (Å²) in [4.78, 5) is 11.0. The lowest BCUT2D eigenvalue weighted by Gasteiger charge is -2.07. The van der Waals surface area contributed by atoms with Crippen LogP contribution >= 0.6 is 11.6 Å². The van der Waals surface area contributed by atoms with Crippen molar-refractivity contribution >= 4 is 27.6 Å². The number of carbonyl (C=O) groups is 1.